The minimum absolute atomic E-state index is 0.0795. The zero-order chi connectivity index (χ0) is 21.2. The predicted octanol–water partition coefficient (Wildman–Crippen LogP) is 2.20. The van der Waals surface area contributed by atoms with Crippen LogP contribution >= 0.6 is 0 Å². The number of anilines is 1. The molecular formula is C21H22N2O6. The first kappa shape index (κ1) is 21.6. The number of carbonyl (C=O) groups is 4. The SMILES string of the molecule is CCOc1ccc(C(=O)NCC(=O)OCC(=O)Nc2ccc(C(C)=O)cc2)cc1. The number of ketones is 1. The van der Waals surface area contributed by atoms with E-state index in [2.05, 4.69) is 10.6 Å². The van der Waals surface area contributed by atoms with Crippen LogP contribution in [-0.2, 0) is 14.3 Å². The fraction of sp³-hybridized carbons (Fsp3) is 0.238. The van der Waals surface area contributed by atoms with Gasteiger partial charge < -0.3 is 20.1 Å². The van der Waals surface area contributed by atoms with Crippen LogP contribution in [-0.4, -0.2) is 43.3 Å². The van der Waals surface area contributed by atoms with Crippen molar-refractivity contribution in [1.29, 1.82) is 0 Å². The predicted molar refractivity (Wildman–Crippen MR) is 106 cm³/mol. The second kappa shape index (κ2) is 10.6. The maximum atomic E-state index is 12.0. The second-order valence-electron chi connectivity index (χ2n) is 5.98. The Hall–Kier alpha value is -3.68. The topological polar surface area (TPSA) is 111 Å². The third-order valence-electron chi connectivity index (χ3n) is 3.76. The number of rotatable bonds is 9. The number of hydrogen-bond donors (Lipinski definition) is 2. The summed E-state index contributed by atoms with van der Waals surface area (Å²) >= 11 is 0. The number of hydrogen-bond acceptors (Lipinski definition) is 6. The van der Waals surface area contributed by atoms with Crippen molar-refractivity contribution in [2.45, 2.75) is 13.8 Å². The molecule has 2 N–H and O–H groups in total. The first-order chi connectivity index (χ1) is 13.9. The lowest BCUT2D eigenvalue weighted by molar-refractivity contribution is -0.146. The summed E-state index contributed by atoms with van der Waals surface area (Å²) in [5.74, 6) is -1.16. The van der Waals surface area contributed by atoms with Crippen LogP contribution < -0.4 is 15.4 Å². The minimum Gasteiger partial charge on any atom is -0.494 e. The molecule has 0 unspecified atom stereocenters. The van der Waals surface area contributed by atoms with E-state index in [9.17, 15) is 19.2 Å². The van der Waals surface area contributed by atoms with E-state index < -0.39 is 24.4 Å². The zero-order valence-electron chi connectivity index (χ0n) is 16.2. The summed E-state index contributed by atoms with van der Waals surface area (Å²) in [6.07, 6.45) is 0. The van der Waals surface area contributed by atoms with E-state index in [-0.39, 0.29) is 12.3 Å². The van der Waals surface area contributed by atoms with Gasteiger partial charge in [-0.3, -0.25) is 19.2 Å². The molecule has 0 saturated carbocycles. The fourth-order valence-corrected chi connectivity index (χ4v) is 2.31. The largest absolute Gasteiger partial charge is 0.494 e. The van der Waals surface area contributed by atoms with Gasteiger partial charge in [-0.1, -0.05) is 0 Å². The smallest absolute Gasteiger partial charge is 0.325 e. The first-order valence-electron chi connectivity index (χ1n) is 8.96. The lowest BCUT2D eigenvalue weighted by Crippen LogP contribution is -2.32. The highest BCUT2D eigenvalue weighted by atomic mass is 16.5. The molecule has 0 atom stereocenters. The number of carbonyl (C=O) groups excluding carboxylic acids is 4. The average molecular weight is 398 g/mol. The summed E-state index contributed by atoms with van der Waals surface area (Å²) in [5.41, 5.74) is 1.37. The summed E-state index contributed by atoms with van der Waals surface area (Å²) in [6, 6.07) is 12.8. The first-order valence-corrected chi connectivity index (χ1v) is 8.96. The minimum atomic E-state index is -0.744. The summed E-state index contributed by atoms with van der Waals surface area (Å²) < 4.78 is 10.1. The molecule has 0 heterocycles. The van der Waals surface area contributed by atoms with E-state index in [0.29, 0.717) is 29.2 Å². The van der Waals surface area contributed by atoms with E-state index in [1.807, 2.05) is 6.92 Å². The van der Waals surface area contributed by atoms with Crippen LogP contribution in [0.25, 0.3) is 0 Å². The van der Waals surface area contributed by atoms with Gasteiger partial charge in [-0.25, -0.2) is 0 Å². The van der Waals surface area contributed by atoms with E-state index in [1.165, 1.54) is 6.92 Å². The van der Waals surface area contributed by atoms with Crippen LogP contribution in [0.1, 0.15) is 34.6 Å². The van der Waals surface area contributed by atoms with Crippen LogP contribution in [0.4, 0.5) is 5.69 Å². The lowest BCUT2D eigenvalue weighted by Gasteiger charge is -2.08. The van der Waals surface area contributed by atoms with Crippen molar-refractivity contribution in [1.82, 2.24) is 5.32 Å². The maximum absolute atomic E-state index is 12.0. The van der Waals surface area contributed by atoms with Crippen molar-refractivity contribution in [3.05, 3.63) is 59.7 Å². The molecule has 0 aliphatic carbocycles. The molecule has 0 aromatic heterocycles. The van der Waals surface area contributed by atoms with E-state index in [4.69, 9.17) is 9.47 Å². The van der Waals surface area contributed by atoms with E-state index in [0.717, 1.165) is 0 Å². The Bertz CT molecular complexity index is 875. The Morgan fingerprint density at radius 2 is 1.52 bits per heavy atom. The third kappa shape index (κ3) is 7.10. The van der Waals surface area contributed by atoms with Crippen LogP contribution in [0.15, 0.2) is 48.5 Å². The molecule has 0 spiro atoms. The third-order valence-corrected chi connectivity index (χ3v) is 3.76. The van der Waals surface area contributed by atoms with Gasteiger partial charge in [-0.05, 0) is 62.4 Å². The summed E-state index contributed by atoms with van der Waals surface area (Å²) in [5, 5.41) is 4.97. The highest BCUT2D eigenvalue weighted by Gasteiger charge is 2.11. The molecule has 0 saturated heterocycles. The maximum Gasteiger partial charge on any atom is 0.325 e. The van der Waals surface area contributed by atoms with Crippen LogP contribution in [0, 0.1) is 0 Å². The second-order valence-corrected chi connectivity index (χ2v) is 5.98. The molecule has 0 radical (unpaired) electrons. The van der Waals surface area contributed by atoms with Gasteiger partial charge in [-0.2, -0.15) is 0 Å². The van der Waals surface area contributed by atoms with Crippen molar-refractivity contribution >= 4 is 29.3 Å². The number of ether oxygens (including phenoxy) is 2. The van der Waals surface area contributed by atoms with Crippen molar-refractivity contribution in [2.24, 2.45) is 0 Å². The Morgan fingerprint density at radius 1 is 0.897 bits per heavy atom. The monoisotopic (exact) mass is 398 g/mol. The number of amides is 2. The van der Waals surface area contributed by atoms with Crippen molar-refractivity contribution in [3.8, 4) is 5.75 Å². The normalized spacial score (nSPS) is 10.0. The van der Waals surface area contributed by atoms with Gasteiger partial charge in [0.1, 0.15) is 12.3 Å². The van der Waals surface area contributed by atoms with Gasteiger partial charge in [0.15, 0.2) is 12.4 Å². The molecule has 0 fully saturated rings. The molecule has 0 aliphatic rings. The standard InChI is InChI=1S/C21H22N2O6/c1-3-28-18-10-6-16(7-11-18)21(27)22-12-20(26)29-13-19(25)23-17-8-4-15(5-9-17)14(2)24/h4-11H,3,12-13H2,1-2H3,(H,22,27)(H,23,25). The highest BCUT2D eigenvalue weighted by Crippen LogP contribution is 2.12. The van der Waals surface area contributed by atoms with Gasteiger partial charge in [0.2, 0.25) is 0 Å². The summed E-state index contributed by atoms with van der Waals surface area (Å²) in [4.78, 5) is 46.8. The Labute approximate surface area is 168 Å². The molecule has 0 aliphatic heterocycles. The Kier molecular flexibility index (Phi) is 7.90. The average Bonchev–Trinajstić information content (AvgIpc) is 2.71. The van der Waals surface area contributed by atoms with Crippen LogP contribution in [0.5, 0.6) is 5.75 Å². The van der Waals surface area contributed by atoms with E-state index in [1.54, 1.807) is 48.5 Å². The quantitative estimate of drug-likeness (QED) is 0.495. The Balaban J connectivity index is 1.72. The molecule has 8 heteroatoms. The van der Waals surface area contributed by atoms with Crippen molar-refractivity contribution < 1.29 is 28.7 Å². The van der Waals surface area contributed by atoms with Crippen molar-refractivity contribution in [3.63, 3.8) is 0 Å². The molecule has 2 aromatic rings. The van der Waals surface area contributed by atoms with Crippen molar-refractivity contribution in [2.75, 3.05) is 25.1 Å². The number of Topliss-reactive ketones (excluding diaryl/α,β-unsaturated/α-hetero) is 1. The highest BCUT2D eigenvalue weighted by molar-refractivity contribution is 5.97. The van der Waals surface area contributed by atoms with Gasteiger partial charge in [-0.15, -0.1) is 0 Å². The number of benzene rings is 2. The van der Waals surface area contributed by atoms with Crippen LogP contribution in [0.2, 0.25) is 0 Å². The lowest BCUT2D eigenvalue weighted by atomic mass is 10.1. The Morgan fingerprint density at radius 3 is 2.10 bits per heavy atom. The molecule has 2 rings (SSSR count). The molecule has 29 heavy (non-hydrogen) atoms. The summed E-state index contributed by atoms with van der Waals surface area (Å²) in [6.45, 7) is 2.96. The molecule has 152 valence electrons. The molecule has 2 aromatic carbocycles. The molecule has 0 bridgehead atoms. The van der Waals surface area contributed by atoms with Gasteiger partial charge in [0.05, 0.1) is 6.61 Å². The van der Waals surface area contributed by atoms with Gasteiger partial charge in [0, 0.05) is 16.8 Å². The molecular weight excluding hydrogens is 376 g/mol. The van der Waals surface area contributed by atoms with Gasteiger partial charge >= 0.3 is 5.97 Å². The fourth-order valence-electron chi connectivity index (χ4n) is 2.31. The molecule has 2 amide bonds. The number of esters is 1. The zero-order valence-corrected chi connectivity index (χ0v) is 16.2. The van der Waals surface area contributed by atoms with E-state index >= 15 is 0 Å². The number of nitrogens with one attached hydrogen (secondary N) is 2. The molecule has 8 nitrogen and oxygen atoms in total. The van der Waals surface area contributed by atoms with Gasteiger partial charge in [0.25, 0.3) is 11.8 Å². The summed E-state index contributed by atoms with van der Waals surface area (Å²) in [7, 11) is 0. The van der Waals surface area contributed by atoms with Crippen LogP contribution in [0.3, 0.4) is 0 Å².